The molecule has 2 N–H and O–H groups in total. The number of benzene rings is 2. The second-order valence-electron chi connectivity index (χ2n) is 6.13. The largest absolute Gasteiger partial charge is 0.497 e. The highest BCUT2D eigenvalue weighted by Crippen LogP contribution is 2.26. The first-order chi connectivity index (χ1) is 13.7. The van der Waals surface area contributed by atoms with E-state index in [4.69, 9.17) is 9.47 Å². The van der Waals surface area contributed by atoms with Crippen LogP contribution < -0.4 is 20.1 Å². The van der Waals surface area contributed by atoms with Crippen molar-refractivity contribution in [3.8, 4) is 11.5 Å². The summed E-state index contributed by atoms with van der Waals surface area (Å²) in [4.78, 5) is 16.9. The normalized spacial score (nSPS) is 11.5. The Labute approximate surface area is 164 Å². The van der Waals surface area contributed by atoms with E-state index in [9.17, 15) is 4.79 Å². The third-order valence-electron chi connectivity index (χ3n) is 4.22. The van der Waals surface area contributed by atoms with Gasteiger partial charge in [0, 0.05) is 30.1 Å². The molecule has 3 rings (SSSR count). The Bertz CT molecular complexity index is 840. The summed E-state index contributed by atoms with van der Waals surface area (Å²) >= 11 is 0. The number of rotatable bonds is 8. The third kappa shape index (κ3) is 5.08. The van der Waals surface area contributed by atoms with E-state index in [2.05, 4.69) is 15.6 Å². The molecule has 28 heavy (non-hydrogen) atoms. The quantitative estimate of drug-likeness (QED) is 0.629. The Kier molecular flexibility index (Phi) is 6.59. The summed E-state index contributed by atoms with van der Waals surface area (Å²) in [5.41, 5.74) is 2.50. The maximum atomic E-state index is 12.5. The molecule has 144 valence electrons. The van der Waals surface area contributed by atoms with Crippen LogP contribution in [0.25, 0.3) is 0 Å². The van der Waals surface area contributed by atoms with Gasteiger partial charge in [-0.1, -0.05) is 36.4 Å². The summed E-state index contributed by atoms with van der Waals surface area (Å²) in [7, 11) is 3.14. The number of carbonyl (C=O) groups is 1. The van der Waals surface area contributed by atoms with Crippen molar-refractivity contribution >= 4 is 11.6 Å². The zero-order valence-corrected chi connectivity index (χ0v) is 15.9. The fourth-order valence-corrected chi connectivity index (χ4v) is 2.86. The van der Waals surface area contributed by atoms with Gasteiger partial charge in [0.25, 0.3) is 0 Å². The van der Waals surface area contributed by atoms with E-state index in [1.54, 1.807) is 38.6 Å². The summed E-state index contributed by atoms with van der Waals surface area (Å²) in [6.07, 6.45) is 1.75. The van der Waals surface area contributed by atoms with Crippen LogP contribution in [0, 0.1) is 0 Å². The average molecular weight is 377 g/mol. The topological polar surface area (TPSA) is 72.5 Å². The molecular formula is C22H23N3O3. The van der Waals surface area contributed by atoms with Crippen LogP contribution in [0.1, 0.15) is 17.3 Å². The van der Waals surface area contributed by atoms with Gasteiger partial charge in [-0.25, -0.2) is 0 Å². The Balaban J connectivity index is 1.71. The highest BCUT2D eigenvalue weighted by atomic mass is 16.5. The molecule has 1 amide bonds. The van der Waals surface area contributed by atoms with Crippen LogP contribution in [0.15, 0.2) is 72.9 Å². The average Bonchev–Trinajstić information content (AvgIpc) is 2.75. The molecule has 0 aliphatic heterocycles. The number of aromatic nitrogens is 1. The lowest BCUT2D eigenvalue weighted by Gasteiger charge is -2.19. The highest BCUT2D eigenvalue weighted by molar-refractivity contribution is 5.92. The lowest BCUT2D eigenvalue weighted by atomic mass is 10.0. The molecule has 1 unspecified atom stereocenters. The van der Waals surface area contributed by atoms with Crippen LogP contribution in [0.3, 0.4) is 0 Å². The smallest absolute Gasteiger partial charge is 0.238 e. The lowest BCUT2D eigenvalue weighted by Crippen LogP contribution is -2.32. The number of anilines is 1. The summed E-state index contributed by atoms with van der Waals surface area (Å²) in [6.45, 7) is 0.121. The number of methoxy groups -OCH3 is 2. The first-order valence-electron chi connectivity index (χ1n) is 8.92. The Morgan fingerprint density at radius 2 is 1.64 bits per heavy atom. The summed E-state index contributed by atoms with van der Waals surface area (Å²) in [6, 6.07) is 20.7. The first kappa shape index (κ1) is 19.4. The number of nitrogens with one attached hydrogen (secondary N) is 2. The van der Waals surface area contributed by atoms with Crippen LogP contribution in [0.5, 0.6) is 11.5 Å². The van der Waals surface area contributed by atoms with Gasteiger partial charge < -0.3 is 14.8 Å². The van der Waals surface area contributed by atoms with Crippen LogP contribution in [0.4, 0.5) is 5.69 Å². The van der Waals surface area contributed by atoms with E-state index in [-0.39, 0.29) is 18.5 Å². The number of carbonyl (C=O) groups excluding carboxylic acids is 1. The van der Waals surface area contributed by atoms with Crippen LogP contribution in [-0.2, 0) is 4.79 Å². The first-order valence-corrected chi connectivity index (χ1v) is 8.92. The zero-order chi connectivity index (χ0) is 19.8. The molecule has 0 fully saturated rings. The van der Waals surface area contributed by atoms with Crippen LogP contribution >= 0.6 is 0 Å². The molecule has 1 heterocycles. The van der Waals surface area contributed by atoms with Crippen LogP contribution in [0.2, 0.25) is 0 Å². The van der Waals surface area contributed by atoms with Gasteiger partial charge in [0.15, 0.2) is 0 Å². The lowest BCUT2D eigenvalue weighted by molar-refractivity contribution is -0.115. The SMILES string of the molecule is COc1cc(NC(=O)CNC(c2ccccc2)c2ccccn2)cc(OC)c1. The monoisotopic (exact) mass is 377 g/mol. The molecule has 0 saturated heterocycles. The predicted octanol–water partition coefficient (Wildman–Crippen LogP) is 3.42. The second kappa shape index (κ2) is 9.53. The van der Waals surface area contributed by atoms with Crippen molar-refractivity contribution in [2.45, 2.75) is 6.04 Å². The molecule has 0 radical (unpaired) electrons. The van der Waals surface area contributed by atoms with Crippen molar-refractivity contribution in [2.24, 2.45) is 0 Å². The standard InChI is InChI=1S/C22H23N3O3/c1-27-18-12-17(13-19(14-18)28-2)25-21(26)15-24-22(16-8-4-3-5-9-16)20-10-6-7-11-23-20/h3-14,22,24H,15H2,1-2H3,(H,25,26). The number of nitrogens with zero attached hydrogens (tertiary/aromatic N) is 1. The number of hydrogen-bond donors (Lipinski definition) is 2. The number of hydrogen-bond acceptors (Lipinski definition) is 5. The predicted molar refractivity (Wildman–Crippen MR) is 109 cm³/mol. The van der Waals surface area contributed by atoms with E-state index in [0.29, 0.717) is 17.2 Å². The minimum Gasteiger partial charge on any atom is -0.497 e. The molecule has 0 aliphatic rings. The number of amides is 1. The van der Waals surface area contributed by atoms with Gasteiger partial charge in [0.1, 0.15) is 11.5 Å². The highest BCUT2D eigenvalue weighted by Gasteiger charge is 2.16. The minimum absolute atomic E-state index is 0.121. The van der Waals surface area contributed by atoms with Gasteiger partial charge in [-0.15, -0.1) is 0 Å². The van der Waals surface area contributed by atoms with E-state index in [0.717, 1.165) is 11.3 Å². The fourth-order valence-electron chi connectivity index (χ4n) is 2.86. The van der Waals surface area contributed by atoms with E-state index in [1.807, 2.05) is 48.5 Å². The molecule has 0 saturated carbocycles. The van der Waals surface area contributed by atoms with Gasteiger partial charge in [0.2, 0.25) is 5.91 Å². The van der Waals surface area contributed by atoms with E-state index in [1.165, 1.54) is 0 Å². The van der Waals surface area contributed by atoms with E-state index >= 15 is 0 Å². The molecule has 2 aromatic carbocycles. The Morgan fingerprint density at radius 3 is 2.25 bits per heavy atom. The molecular weight excluding hydrogens is 354 g/mol. The maximum Gasteiger partial charge on any atom is 0.238 e. The fraction of sp³-hybridized carbons (Fsp3) is 0.182. The van der Waals surface area contributed by atoms with Crippen molar-refractivity contribution in [2.75, 3.05) is 26.1 Å². The molecule has 3 aromatic rings. The number of ether oxygens (including phenoxy) is 2. The van der Waals surface area contributed by atoms with Gasteiger partial charge in [-0.2, -0.15) is 0 Å². The maximum absolute atomic E-state index is 12.5. The third-order valence-corrected chi connectivity index (χ3v) is 4.22. The Morgan fingerprint density at radius 1 is 0.964 bits per heavy atom. The summed E-state index contributed by atoms with van der Waals surface area (Å²) in [5.74, 6) is 1.05. The van der Waals surface area contributed by atoms with Crippen molar-refractivity contribution in [3.63, 3.8) is 0 Å². The molecule has 6 heteroatoms. The van der Waals surface area contributed by atoms with Crippen molar-refractivity contribution in [1.29, 1.82) is 0 Å². The molecule has 1 atom stereocenters. The van der Waals surface area contributed by atoms with Crippen molar-refractivity contribution in [1.82, 2.24) is 10.3 Å². The van der Waals surface area contributed by atoms with Crippen molar-refractivity contribution < 1.29 is 14.3 Å². The zero-order valence-electron chi connectivity index (χ0n) is 15.9. The summed E-state index contributed by atoms with van der Waals surface area (Å²) < 4.78 is 10.5. The van der Waals surface area contributed by atoms with Crippen LogP contribution in [-0.4, -0.2) is 31.7 Å². The molecule has 6 nitrogen and oxygen atoms in total. The Hall–Kier alpha value is -3.38. The number of pyridine rings is 1. The van der Waals surface area contributed by atoms with Gasteiger partial charge in [-0.3, -0.25) is 15.1 Å². The second-order valence-corrected chi connectivity index (χ2v) is 6.13. The molecule has 0 bridgehead atoms. The van der Waals surface area contributed by atoms with E-state index < -0.39 is 0 Å². The van der Waals surface area contributed by atoms with Gasteiger partial charge in [-0.05, 0) is 17.7 Å². The minimum atomic E-state index is -0.187. The molecule has 1 aromatic heterocycles. The van der Waals surface area contributed by atoms with Gasteiger partial charge >= 0.3 is 0 Å². The molecule has 0 spiro atoms. The van der Waals surface area contributed by atoms with Crippen molar-refractivity contribution in [3.05, 3.63) is 84.2 Å². The van der Waals surface area contributed by atoms with Gasteiger partial charge in [0.05, 0.1) is 32.5 Å². The molecule has 0 aliphatic carbocycles. The summed E-state index contributed by atoms with van der Waals surface area (Å²) in [5, 5.41) is 6.16.